The Morgan fingerprint density at radius 1 is 0.933 bits per heavy atom. The van der Waals surface area contributed by atoms with Gasteiger partial charge in [0.05, 0.1) is 14.2 Å². The Kier molecular flexibility index (Phi) is 6.18. The molecule has 0 amide bonds. The minimum absolute atomic E-state index is 0.236. The van der Waals surface area contributed by atoms with E-state index in [0.29, 0.717) is 24.7 Å². The summed E-state index contributed by atoms with van der Waals surface area (Å²) in [5.74, 6) is 3.65. The van der Waals surface area contributed by atoms with Crippen LogP contribution in [0.4, 0.5) is 5.69 Å². The standard InChI is InChI=1S/C23H22BrNO5/c1-26-18-8-6-17(7-9-18)25-12-15-4-3-5-20(27-2)23(15)28-13-16-10-21-22(11-19(16)24)30-14-29-21/h3-11,25H,12-14H2,1-2H3. The zero-order valence-electron chi connectivity index (χ0n) is 16.7. The van der Waals surface area contributed by atoms with Crippen molar-refractivity contribution in [3.63, 3.8) is 0 Å². The summed E-state index contributed by atoms with van der Waals surface area (Å²) in [7, 11) is 3.29. The van der Waals surface area contributed by atoms with Gasteiger partial charge in [0, 0.05) is 27.8 Å². The Morgan fingerprint density at radius 3 is 2.43 bits per heavy atom. The highest BCUT2D eigenvalue weighted by atomic mass is 79.9. The molecule has 0 aliphatic carbocycles. The van der Waals surface area contributed by atoms with Crippen LogP contribution in [0.3, 0.4) is 0 Å². The van der Waals surface area contributed by atoms with E-state index in [1.54, 1.807) is 14.2 Å². The molecule has 0 bridgehead atoms. The number of benzene rings is 3. The molecule has 7 heteroatoms. The van der Waals surface area contributed by atoms with Crippen LogP contribution in [-0.4, -0.2) is 21.0 Å². The van der Waals surface area contributed by atoms with Crippen molar-refractivity contribution in [3.8, 4) is 28.7 Å². The van der Waals surface area contributed by atoms with Gasteiger partial charge in [-0.15, -0.1) is 0 Å². The van der Waals surface area contributed by atoms with Gasteiger partial charge in [-0.3, -0.25) is 0 Å². The van der Waals surface area contributed by atoms with Crippen molar-refractivity contribution in [1.29, 1.82) is 0 Å². The molecule has 156 valence electrons. The van der Waals surface area contributed by atoms with Gasteiger partial charge < -0.3 is 29.0 Å². The van der Waals surface area contributed by atoms with Gasteiger partial charge in [-0.2, -0.15) is 0 Å². The normalized spacial score (nSPS) is 11.8. The molecule has 0 radical (unpaired) electrons. The first-order chi connectivity index (χ1) is 14.7. The van der Waals surface area contributed by atoms with Gasteiger partial charge in [-0.05, 0) is 42.5 Å². The number of hydrogen-bond acceptors (Lipinski definition) is 6. The molecule has 1 heterocycles. The van der Waals surface area contributed by atoms with Crippen LogP contribution < -0.4 is 29.0 Å². The number of ether oxygens (including phenoxy) is 5. The van der Waals surface area contributed by atoms with E-state index in [4.69, 9.17) is 23.7 Å². The molecule has 1 N–H and O–H groups in total. The summed E-state index contributed by atoms with van der Waals surface area (Å²) >= 11 is 3.58. The number of para-hydroxylation sites is 1. The average Bonchev–Trinajstić information content (AvgIpc) is 3.23. The second kappa shape index (κ2) is 9.17. The maximum atomic E-state index is 6.20. The maximum absolute atomic E-state index is 6.20. The van der Waals surface area contributed by atoms with E-state index in [2.05, 4.69) is 21.2 Å². The van der Waals surface area contributed by atoms with Crippen LogP contribution >= 0.6 is 15.9 Å². The van der Waals surface area contributed by atoms with Gasteiger partial charge in [0.1, 0.15) is 12.4 Å². The Hall–Kier alpha value is -3.06. The molecule has 3 aromatic rings. The molecule has 4 rings (SSSR count). The van der Waals surface area contributed by atoms with Crippen LogP contribution in [0.15, 0.2) is 59.1 Å². The minimum atomic E-state index is 0.236. The molecule has 3 aromatic carbocycles. The number of hydrogen-bond donors (Lipinski definition) is 1. The quantitative estimate of drug-likeness (QED) is 0.475. The van der Waals surface area contributed by atoms with Crippen molar-refractivity contribution in [2.75, 3.05) is 26.3 Å². The Labute approximate surface area is 183 Å². The van der Waals surface area contributed by atoms with Crippen molar-refractivity contribution in [3.05, 3.63) is 70.2 Å². The zero-order valence-corrected chi connectivity index (χ0v) is 18.3. The third-order valence-electron chi connectivity index (χ3n) is 4.77. The fraction of sp³-hybridized carbons (Fsp3) is 0.217. The van der Waals surface area contributed by atoms with Crippen molar-refractivity contribution in [1.82, 2.24) is 0 Å². The highest BCUT2D eigenvalue weighted by molar-refractivity contribution is 9.10. The smallest absolute Gasteiger partial charge is 0.231 e. The summed E-state index contributed by atoms with van der Waals surface area (Å²) in [5.41, 5.74) is 2.93. The molecule has 0 unspecified atom stereocenters. The van der Waals surface area contributed by atoms with E-state index in [1.807, 2.05) is 54.6 Å². The molecule has 6 nitrogen and oxygen atoms in total. The van der Waals surface area contributed by atoms with E-state index in [9.17, 15) is 0 Å². The fourth-order valence-electron chi connectivity index (χ4n) is 3.15. The molecule has 1 aliphatic rings. The summed E-state index contributed by atoms with van der Waals surface area (Å²) in [6.45, 7) is 1.17. The van der Waals surface area contributed by atoms with Gasteiger partial charge in [-0.1, -0.05) is 28.1 Å². The molecule has 30 heavy (non-hydrogen) atoms. The van der Waals surface area contributed by atoms with Crippen LogP contribution in [-0.2, 0) is 13.2 Å². The van der Waals surface area contributed by atoms with Crippen LogP contribution in [0.25, 0.3) is 0 Å². The van der Waals surface area contributed by atoms with E-state index in [-0.39, 0.29) is 6.79 Å². The van der Waals surface area contributed by atoms with E-state index >= 15 is 0 Å². The highest BCUT2D eigenvalue weighted by Crippen LogP contribution is 2.38. The first-order valence-corrected chi connectivity index (χ1v) is 10.2. The number of methoxy groups -OCH3 is 2. The lowest BCUT2D eigenvalue weighted by atomic mass is 10.1. The van der Waals surface area contributed by atoms with Crippen LogP contribution in [0, 0.1) is 0 Å². The molecule has 0 atom stereocenters. The Bertz CT molecular complexity index is 1020. The van der Waals surface area contributed by atoms with Crippen LogP contribution in [0.5, 0.6) is 28.7 Å². The first kappa shape index (κ1) is 20.2. The predicted octanol–water partition coefficient (Wildman–Crippen LogP) is 5.39. The molecule has 0 spiro atoms. The second-order valence-corrected chi connectivity index (χ2v) is 7.47. The molecular formula is C23H22BrNO5. The first-order valence-electron chi connectivity index (χ1n) is 9.42. The van der Waals surface area contributed by atoms with Crippen molar-refractivity contribution in [2.45, 2.75) is 13.2 Å². The monoisotopic (exact) mass is 471 g/mol. The number of halogens is 1. The van der Waals surface area contributed by atoms with Crippen molar-refractivity contribution >= 4 is 21.6 Å². The van der Waals surface area contributed by atoms with Crippen molar-refractivity contribution < 1.29 is 23.7 Å². The number of rotatable bonds is 8. The van der Waals surface area contributed by atoms with Gasteiger partial charge in [0.15, 0.2) is 23.0 Å². The van der Waals surface area contributed by atoms with Crippen molar-refractivity contribution in [2.24, 2.45) is 0 Å². The molecule has 0 fully saturated rings. The lowest BCUT2D eigenvalue weighted by Gasteiger charge is -2.17. The number of fused-ring (bicyclic) bond motifs is 1. The molecule has 0 aromatic heterocycles. The number of nitrogens with one attached hydrogen (secondary N) is 1. The third-order valence-corrected chi connectivity index (χ3v) is 5.51. The number of anilines is 1. The van der Waals surface area contributed by atoms with Crippen LogP contribution in [0.1, 0.15) is 11.1 Å². The molecule has 1 aliphatic heterocycles. The Morgan fingerprint density at radius 2 is 1.70 bits per heavy atom. The second-order valence-electron chi connectivity index (χ2n) is 6.62. The lowest BCUT2D eigenvalue weighted by molar-refractivity contribution is 0.174. The van der Waals surface area contributed by atoms with Gasteiger partial charge in [-0.25, -0.2) is 0 Å². The largest absolute Gasteiger partial charge is 0.497 e. The summed E-state index contributed by atoms with van der Waals surface area (Å²) in [6, 6.07) is 17.5. The van der Waals surface area contributed by atoms with E-state index in [1.165, 1.54) is 0 Å². The minimum Gasteiger partial charge on any atom is -0.497 e. The summed E-state index contributed by atoms with van der Waals surface area (Å²) < 4.78 is 28.7. The SMILES string of the molecule is COc1ccc(NCc2cccc(OC)c2OCc2cc3c(cc2Br)OCO3)cc1. The van der Waals surface area contributed by atoms with Gasteiger partial charge >= 0.3 is 0 Å². The summed E-state index contributed by atoms with van der Waals surface area (Å²) in [5, 5.41) is 3.41. The Balaban J connectivity index is 1.51. The zero-order chi connectivity index (χ0) is 20.9. The highest BCUT2D eigenvalue weighted by Gasteiger charge is 2.18. The lowest BCUT2D eigenvalue weighted by Crippen LogP contribution is -2.05. The third kappa shape index (κ3) is 4.41. The van der Waals surface area contributed by atoms with E-state index < -0.39 is 0 Å². The maximum Gasteiger partial charge on any atom is 0.231 e. The predicted molar refractivity (Wildman–Crippen MR) is 118 cm³/mol. The fourth-order valence-corrected chi connectivity index (χ4v) is 3.59. The average molecular weight is 472 g/mol. The summed E-state index contributed by atoms with van der Waals surface area (Å²) in [4.78, 5) is 0. The summed E-state index contributed by atoms with van der Waals surface area (Å²) in [6.07, 6.45) is 0. The topological polar surface area (TPSA) is 58.2 Å². The molecule has 0 saturated heterocycles. The van der Waals surface area contributed by atoms with Gasteiger partial charge in [0.2, 0.25) is 6.79 Å². The molecular weight excluding hydrogens is 450 g/mol. The molecule has 0 saturated carbocycles. The van der Waals surface area contributed by atoms with Crippen LogP contribution in [0.2, 0.25) is 0 Å². The van der Waals surface area contributed by atoms with E-state index in [0.717, 1.165) is 38.5 Å². The van der Waals surface area contributed by atoms with Gasteiger partial charge in [0.25, 0.3) is 0 Å².